The number of morpholine rings is 1. The number of rotatable bonds is 6. The molecule has 22 heavy (non-hydrogen) atoms. The van der Waals surface area contributed by atoms with E-state index in [1.165, 1.54) is 4.68 Å². The van der Waals surface area contributed by atoms with Crippen molar-refractivity contribution < 1.29 is 14.5 Å². The van der Waals surface area contributed by atoms with E-state index in [9.17, 15) is 14.9 Å². The molecular weight excluding hydrogens is 290 g/mol. The molecule has 0 unspecified atom stereocenters. The van der Waals surface area contributed by atoms with Crippen molar-refractivity contribution in [3.05, 3.63) is 22.0 Å². The Hall–Kier alpha value is -2.00. The molecule has 0 aromatic carbocycles. The second-order valence-corrected chi connectivity index (χ2v) is 5.24. The lowest BCUT2D eigenvalue weighted by Gasteiger charge is -2.29. The first-order valence-electron chi connectivity index (χ1n) is 7.34. The van der Waals surface area contributed by atoms with Crippen molar-refractivity contribution in [3.8, 4) is 0 Å². The molecule has 1 saturated heterocycles. The first-order chi connectivity index (χ1) is 10.5. The molecular formula is C13H21N5O4. The fourth-order valence-electron chi connectivity index (χ4n) is 2.49. The predicted octanol–water partition coefficient (Wildman–Crippen LogP) is 0.262. The smallest absolute Gasteiger partial charge is 0.320 e. The summed E-state index contributed by atoms with van der Waals surface area (Å²) in [5.74, 6) is -0.466. The first-order valence-corrected chi connectivity index (χ1v) is 7.34. The number of amides is 1. The maximum Gasteiger partial charge on any atom is 0.320 e. The summed E-state index contributed by atoms with van der Waals surface area (Å²) < 4.78 is 6.62. The third kappa shape index (κ3) is 3.80. The van der Waals surface area contributed by atoms with Gasteiger partial charge in [0.25, 0.3) is 5.91 Å². The minimum Gasteiger partial charge on any atom is -0.379 e. The van der Waals surface area contributed by atoms with E-state index in [1.54, 1.807) is 6.92 Å². The van der Waals surface area contributed by atoms with Crippen molar-refractivity contribution >= 4 is 11.6 Å². The number of aromatic nitrogens is 2. The van der Waals surface area contributed by atoms with E-state index < -0.39 is 10.8 Å². The molecule has 9 heteroatoms. The molecule has 1 N–H and O–H groups in total. The molecule has 1 aliphatic rings. The minimum absolute atomic E-state index is 0.00123. The van der Waals surface area contributed by atoms with Crippen LogP contribution in [0.5, 0.6) is 0 Å². The van der Waals surface area contributed by atoms with E-state index in [0.29, 0.717) is 26.3 Å². The molecule has 0 bridgehead atoms. The summed E-state index contributed by atoms with van der Waals surface area (Å²) in [6, 6.07) is -0.120. The molecule has 0 radical (unpaired) electrons. The number of nitro groups is 1. The monoisotopic (exact) mass is 311 g/mol. The highest BCUT2D eigenvalue weighted by molar-refractivity contribution is 5.96. The quantitative estimate of drug-likeness (QED) is 0.597. The van der Waals surface area contributed by atoms with E-state index in [4.69, 9.17) is 4.74 Å². The van der Waals surface area contributed by atoms with E-state index in [0.717, 1.165) is 19.3 Å². The topological polar surface area (TPSA) is 103 Å². The molecule has 122 valence electrons. The van der Waals surface area contributed by atoms with Crippen LogP contribution >= 0.6 is 0 Å². The first kappa shape index (κ1) is 16.4. The van der Waals surface area contributed by atoms with Gasteiger partial charge in [0.2, 0.25) is 5.69 Å². The lowest BCUT2D eigenvalue weighted by atomic mass is 10.2. The van der Waals surface area contributed by atoms with Gasteiger partial charge in [-0.1, -0.05) is 0 Å². The second kappa shape index (κ2) is 7.32. The van der Waals surface area contributed by atoms with Crippen LogP contribution in [0.15, 0.2) is 6.20 Å². The maximum absolute atomic E-state index is 12.3. The van der Waals surface area contributed by atoms with E-state index in [1.807, 2.05) is 6.92 Å². The van der Waals surface area contributed by atoms with Crippen molar-refractivity contribution in [1.29, 1.82) is 0 Å². The van der Waals surface area contributed by atoms with Crippen LogP contribution in [0.4, 0.5) is 5.69 Å². The van der Waals surface area contributed by atoms with Gasteiger partial charge < -0.3 is 10.1 Å². The van der Waals surface area contributed by atoms with Crippen molar-refractivity contribution in [3.63, 3.8) is 0 Å². The Balaban J connectivity index is 2.01. The van der Waals surface area contributed by atoms with Gasteiger partial charge >= 0.3 is 5.69 Å². The Morgan fingerprint density at radius 2 is 2.23 bits per heavy atom. The maximum atomic E-state index is 12.3. The van der Waals surface area contributed by atoms with Crippen LogP contribution in [-0.4, -0.2) is 64.4 Å². The van der Waals surface area contributed by atoms with Gasteiger partial charge in [-0.2, -0.15) is 5.10 Å². The zero-order chi connectivity index (χ0) is 16.1. The van der Waals surface area contributed by atoms with Gasteiger partial charge in [0.1, 0.15) is 6.20 Å². The van der Waals surface area contributed by atoms with Crippen molar-refractivity contribution in [2.75, 3.05) is 32.8 Å². The second-order valence-electron chi connectivity index (χ2n) is 5.24. The SMILES string of the molecule is CCn1ncc([N+](=O)[O-])c1C(=O)N[C@H](C)CN1CCOCC1. The zero-order valence-electron chi connectivity index (χ0n) is 12.8. The number of carbonyl (C=O) groups is 1. The normalized spacial score (nSPS) is 17.2. The van der Waals surface area contributed by atoms with E-state index >= 15 is 0 Å². The lowest BCUT2D eigenvalue weighted by molar-refractivity contribution is -0.385. The van der Waals surface area contributed by atoms with Crippen LogP contribution in [0.2, 0.25) is 0 Å². The lowest BCUT2D eigenvalue weighted by Crippen LogP contribution is -2.46. The van der Waals surface area contributed by atoms with Crippen molar-refractivity contribution in [2.45, 2.75) is 26.4 Å². The molecule has 1 aromatic heterocycles. The Morgan fingerprint density at radius 3 is 2.82 bits per heavy atom. The van der Waals surface area contributed by atoms with Gasteiger partial charge in [0.05, 0.1) is 18.1 Å². The minimum atomic E-state index is -0.583. The van der Waals surface area contributed by atoms with E-state index in [2.05, 4.69) is 15.3 Å². The molecule has 2 rings (SSSR count). The van der Waals surface area contributed by atoms with Crippen LogP contribution in [0.25, 0.3) is 0 Å². The van der Waals surface area contributed by atoms with Gasteiger partial charge in [0.15, 0.2) is 0 Å². The number of ether oxygens (including phenoxy) is 1. The van der Waals surface area contributed by atoms with Crippen LogP contribution in [0, 0.1) is 10.1 Å². The molecule has 0 aliphatic carbocycles. The summed E-state index contributed by atoms with van der Waals surface area (Å²) in [6.45, 7) is 7.78. The third-order valence-electron chi connectivity index (χ3n) is 3.54. The Bertz CT molecular complexity index is 539. The van der Waals surface area contributed by atoms with Gasteiger partial charge in [-0.3, -0.25) is 24.5 Å². The van der Waals surface area contributed by atoms with Gasteiger partial charge in [-0.05, 0) is 13.8 Å². The van der Waals surface area contributed by atoms with Crippen LogP contribution < -0.4 is 5.32 Å². The van der Waals surface area contributed by atoms with E-state index in [-0.39, 0.29) is 17.4 Å². The van der Waals surface area contributed by atoms with Crippen molar-refractivity contribution in [1.82, 2.24) is 20.0 Å². The number of aryl methyl sites for hydroxylation is 1. The number of carbonyl (C=O) groups excluding carboxylic acids is 1. The molecule has 1 atom stereocenters. The van der Waals surface area contributed by atoms with Crippen molar-refractivity contribution in [2.24, 2.45) is 0 Å². The number of nitrogens with one attached hydrogen (secondary N) is 1. The molecule has 9 nitrogen and oxygen atoms in total. The highest BCUT2D eigenvalue weighted by atomic mass is 16.6. The zero-order valence-corrected chi connectivity index (χ0v) is 12.8. The summed E-state index contributed by atoms with van der Waals surface area (Å²) in [5.41, 5.74) is -0.265. The van der Waals surface area contributed by atoms with Gasteiger partial charge in [-0.15, -0.1) is 0 Å². The molecule has 1 amide bonds. The highest BCUT2D eigenvalue weighted by Gasteiger charge is 2.27. The van der Waals surface area contributed by atoms with Crippen LogP contribution in [0.3, 0.4) is 0 Å². The average Bonchev–Trinajstić information content (AvgIpc) is 2.92. The number of hydrogen-bond acceptors (Lipinski definition) is 6. The highest BCUT2D eigenvalue weighted by Crippen LogP contribution is 2.17. The molecule has 1 fully saturated rings. The van der Waals surface area contributed by atoms with Gasteiger partial charge in [-0.25, -0.2) is 0 Å². The molecule has 2 heterocycles. The average molecular weight is 311 g/mol. The largest absolute Gasteiger partial charge is 0.379 e. The molecule has 1 aromatic rings. The summed E-state index contributed by atoms with van der Waals surface area (Å²) in [4.78, 5) is 25.0. The van der Waals surface area contributed by atoms with Gasteiger partial charge in [0, 0.05) is 32.2 Å². The molecule has 1 aliphatic heterocycles. The number of hydrogen-bond donors (Lipinski definition) is 1. The van der Waals surface area contributed by atoms with Crippen LogP contribution in [0.1, 0.15) is 24.3 Å². The third-order valence-corrected chi connectivity index (χ3v) is 3.54. The fraction of sp³-hybridized carbons (Fsp3) is 0.692. The Kier molecular flexibility index (Phi) is 5.45. The molecule has 0 spiro atoms. The van der Waals surface area contributed by atoms with Crippen LogP contribution in [-0.2, 0) is 11.3 Å². The summed E-state index contributed by atoms with van der Waals surface area (Å²) in [6.07, 6.45) is 1.12. The Labute approximate surface area is 128 Å². The predicted molar refractivity (Wildman–Crippen MR) is 78.7 cm³/mol. The summed E-state index contributed by atoms with van der Waals surface area (Å²) in [5, 5.41) is 17.7. The summed E-state index contributed by atoms with van der Waals surface area (Å²) in [7, 11) is 0. The number of nitrogens with zero attached hydrogens (tertiary/aromatic N) is 4. The fourth-order valence-corrected chi connectivity index (χ4v) is 2.49. The Morgan fingerprint density at radius 1 is 1.55 bits per heavy atom. The summed E-state index contributed by atoms with van der Waals surface area (Å²) >= 11 is 0. The molecule has 0 saturated carbocycles. The standard InChI is InChI=1S/C13H21N5O4/c1-3-17-12(11(8-14-17)18(20)21)13(19)15-10(2)9-16-4-6-22-7-5-16/h8,10H,3-7,9H2,1-2H3,(H,15,19)/t10-/m1/s1.